The molecule has 0 saturated carbocycles. The summed E-state index contributed by atoms with van der Waals surface area (Å²) < 4.78 is 21.7. The molecule has 6 aromatic heterocycles. The van der Waals surface area contributed by atoms with Crippen LogP contribution in [0.1, 0.15) is 20.7 Å². The van der Waals surface area contributed by atoms with Gasteiger partial charge in [0.15, 0.2) is 0 Å². The van der Waals surface area contributed by atoms with Gasteiger partial charge in [-0.15, -0.1) is 0 Å². The molecule has 1 amide bonds. The zero-order valence-electron chi connectivity index (χ0n) is 36.4. The first kappa shape index (κ1) is 46.4. The normalized spacial score (nSPS) is 10.8. The van der Waals surface area contributed by atoms with Gasteiger partial charge >= 0.3 is 11.9 Å². The van der Waals surface area contributed by atoms with E-state index in [9.17, 15) is 14.4 Å². The zero-order valence-corrected chi connectivity index (χ0v) is 37.9. The van der Waals surface area contributed by atoms with Crippen molar-refractivity contribution < 1.29 is 33.3 Å². The van der Waals surface area contributed by atoms with Crippen molar-refractivity contribution in [3.05, 3.63) is 144 Å². The minimum atomic E-state index is -0.530. The number of amides is 1. The van der Waals surface area contributed by atoms with Crippen LogP contribution in [0.4, 0.5) is 0 Å². The fraction of sp³-hybridized carbons (Fsp3) is 0.163. The number of carbonyl (C=O) groups excluding carboxylic acids is 3. The number of H-pyrrole nitrogens is 2. The maximum Gasteiger partial charge on any atom is 0.339 e. The van der Waals surface area contributed by atoms with Crippen LogP contribution < -0.4 is 14.8 Å². The van der Waals surface area contributed by atoms with Gasteiger partial charge in [-0.1, -0.05) is 41.9 Å². The van der Waals surface area contributed by atoms with Crippen molar-refractivity contribution in [1.82, 2.24) is 40.1 Å². The first-order chi connectivity index (χ1) is 32.1. The number of benzene rings is 2. The van der Waals surface area contributed by atoms with Crippen LogP contribution in [-0.4, -0.2) is 107 Å². The van der Waals surface area contributed by atoms with Gasteiger partial charge in [0, 0.05) is 60.6 Å². The van der Waals surface area contributed by atoms with Gasteiger partial charge in [-0.3, -0.25) is 24.7 Å². The molecule has 66 heavy (non-hydrogen) atoms. The average Bonchev–Trinajstić information content (AvgIpc) is 3.93. The van der Waals surface area contributed by atoms with Crippen LogP contribution >= 0.6 is 23.2 Å². The van der Waals surface area contributed by atoms with Crippen molar-refractivity contribution in [3.8, 4) is 56.3 Å². The highest BCUT2D eigenvalue weighted by Crippen LogP contribution is 2.43. The molecule has 0 atom stereocenters. The lowest BCUT2D eigenvalue weighted by Crippen LogP contribution is -2.29. The molecule has 2 aromatic carbocycles. The Morgan fingerprint density at radius 3 is 1.65 bits per heavy atom. The molecule has 0 spiro atoms. The van der Waals surface area contributed by atoms with E-state index in [4.69, 9.17) is 42.1 Å². The number of ether oxygens (including phenoxy) is 4. The van der Waals surface area contributed by atoms with Crippen LogP contribution in [0.2, 0.25) is 10.0 Å². The highest BCUT2D eigenvalue weighted by atomic mass is 35.5. The van der Waals surface area contributed by atoms with Gasteiger partial charge in [0.1, 0.15) is 24.7 Å². The molecule has 8 rings (SSSR count). The van der Waals surface area contributed by atoms with E-state index in [1.807, 2.05) is 55.6 Å². The Morgan fingerprint density at radius 2 is 1.20 bits per heavy atom. The summed E-state index contributed by atoms with van der Waals surface area (Å²) in [7, 11) is 6.19. The number of carbonyl (C=O) groups is 3. The van der Waals surface area contributed by atoms with Crippen LogP contribution in [0.5, 0.6) is 11.5 Å². The third-order valence-electron chi connectivity index (χ3n) is 10.4. The summed E-state index contributed by atoms with van der Waals surface area (Å²) in [5.41, 5.74) is 9.98. The number of aromatic nitrogens is 6. The van der Waals surface area contributed by atoms with Crippen LogP contribution in [0.3, 0.4) is 0 Å². The second kappa shape index (κ2) is 21.4. The lowest BCUT2D eigenvalue weighted by atomic mass is 9.98. The summed E-state index contributed by atoms with van der Waals surface area (Å²) in [6.07, 6.45) is 11.4. The topological polar surface area (TPSA) is 187 Å². The molecule has 0 radical (unpaired) electrons. The van der Waals surface area contributed by atoms with Crippen molar-refractivity contribution in [1.29, 1.82) is 0 Å². The number of halogens is 2. The Balaban J connectivity index is 0.000000198. The largest absolute Gasteiger partial charge is 0.490 e. The molecule has 0 aliphatic rings. The number of aromatic amines is 2. The van der Waals surface area contributed by atoms with Crippen molar-refractivity contribution in [2.24, 2.45) is 0 Å². The predicted molar refractivity (Wildman–Crippen MR) is 255 cm³/mol. The van der Waals surface area contributed by atoms with E-state index in [1.165, 1.54) is 25.2 Å². The summed E-state index contributed by atoms with van der Waals surface area (Å²) in [6, 6.07) is 21.7. The quantitative estimate of drug-likeness (QED) is 0.0504. The standard InChI is InChI=1S/C26H23ClN4O4.C23H21ClN4O3/c1-4-22(32)31(2)12-13-35-21-15-28-11-9-17(21)24-23(25-20(30-24)6-5-10-29-25)16-7-8-19(27)18(14-16)26(33)34-3;1-25-10-11-31-19-13-26-9-7-15(19)21-20(22-18(28-21)4-3-8-27-22)14-5-6-17(24)16(12-14)23(29)30-2/h4-11,14-15,30H,1,12-13H2,2-3H3;3-9,12-13,25,28H,10-11H2,1-2H3. The van der Waals surface area contributed by atoms with E-state index in [1.54, 1.807) is 68.5 Å². The molecular weight excluding hydrogens is 883 g/mol. The molecule has 15 nitrogen and oxygen atoms in total. The number of rotatable bonds is 15. The van der Waals surface area contributed by atoms with Gasteiger partial charge < -0.3 is 39.1 Å². The maximum absolute atomic E-state index is 12.3. The van der Waals surface area contributed by atoms with Crippen molar-refractivity contribution >= 4 is 63.1 Å². The molecular formula is C49H44Cl2N8O7. The van der Waals surface area contributed by atoms with E-state index < -0.39 is 11.9 Å². The second-order valence-corrected chi connectivity index (χ2v) is 15.2. The van der Waals surface area contributed by atoms with Gasteiger partial charge in [-0.2, -0.15) is 0 Å². The molecule has 0 aliphatic carbocycles. The molecule has 0 fully saturated rings. The van der Waals surface area contributed by atoms with Crippen LogP contribution in [0.25, 0.3) is 66.8 Å². The van der Waals surface area contributed by atoms with Gasteiger partial charge in [0.05, 0.1) is 87.8 Å². The summed E-state index contributed by atoms with van der Waals surface area (Å²) >= 11 is 12.5. The molecule has 3 N–H and O–H groups in total. The van der Waals surface area contributed by atoms with Crippen LogP contribution in [0.15, 0.2) is 123 Å². The van der Waals surface area contributed by atoms with E-state index in [0.29, 0.717) is 41.2 Å². The molecule has 17 heteroatoms. The lowest BCUT2D eigenvalue weighted by Gasteiger charge is -2.17. The SMILES string of the molecule is C=CC(=O)N(C)CCOc1cnccc1-c1[nH]c2cccnc2c1-c1ccc(Cl)c(C(=O)OC)c1.CNCCOc1cnccc1-c1[nH]c2cccnc2c1-c1ccc(Cl)c(C(=O)OC)c1. The number of methoxy groups -OCH3 is 2. The predicted octanol–water partition coefficient (Wildman–Crippen LogP) is 9.09. The van der Waals surface area contributed by atoms with E-state index in [0.717, 1.165) is 66.8 Å². The molecule has 0 saturated heterocycles. The summed E-state index contributed by atoms with van der Waals surface area (Å²) in [4.78, 5) is 62.2. The monoisotopic (exact) mass is 926 g/mol. The molecule has 6 heterocycles. The number of nitrogens with zero attached hydrogens (tertiary/aromatic N) is 5. The van der Waals surface area contributed by atoms with Crippen molar-refractivity contribution in [2.75, 3.05) is 54.6 Å². The second-order valence-electron chi connectivity index (χ2n) is 14.4. The van der Waals surface area contributed by atoms with E-state index in [-0.39, 0.29) is 23.6 Å². The first-order valence-corrected chi connectivity index (χ1v) is 21.2. The number of hydrogen-bond donors (Lipinski definition) is 3. The number of fused-ring (bicyclic) bond motifs is 2. The Morgan fingerprint density at radius 1 is 0.712 bits per heavy atom. The van der Waals surface area contributed by atoms with Crippen molar-refractivity contribution in [2.45, 2.75) is 0 Å². The smallest absolute Gasteiger partial charge is 0.339 e. The number of hydrogen-bond acceptors (Lipinski definition) is 12. The number of likely N-dealkylation sites (N-methyl/N-ethyl adjacent to an activating group) is 2. The van der Waals surface area contributed by atoms with E-state index in [2.05, 4.69) is 41.8 Å². The van der Waals surface area contributed by atoms with Crippen LogP contribution in [-0.2, 0) is 14.3 Å². The highest BCUT2D eigenvalue weighted by Gasteiger charge is 2.23. The Labute approximate surface area is 389 Å². The Kier molecular flexibility index (Phi) is 15.0. The minimum Gasteiger partial charge on any atom is -0.490 e. The van der Waals surface area contributed by atoms with Gasteiger partial charge in [-0.25, -0.2) is 9.59 Å². The number of pyridine rings is 4. The van der Waals surface area contributed by atoms with Crippen LogP contribution in [0, 0.1) is 0 Å². The minimum absolute atomic E-state index is 0.187. The third kappa shape index (κ3) is 10.0. The third-order valence-corrected chi connectivity index (χ3v) is 11.0. The maximum atomic E-state index is 12.3. The number of esters is 2. The molecule has 336 valence electrons. The van der Waals surface area contributed by atoms with Gasteiger partial charge in [0.25, 0.3) is 0 Å². The fourth-order valence-electron chi connectivity index (χ4n) is 7.13. The van der Waals surface area contributed by atoms with E-state index >= 15 is 0 Å². The van der Waals surface area contributed by atoms with Gasteiger partial charge in [0.2, 0.25) is 5.91 Å². The summed E-state index contributed by atoms with van der Waals surface area (Å²) in [5, 5.41) is 3.68. The highest BCUT2D eigenvalue weighted by molar-refractivity contribution is 6.34. The summed E-state index contributed by atoms with van der Waals surface area (Å²) in [5.74, 6) is -0.0405. The first-order valence-electron chi connectivity index (χ1n) is 20.4. The number of nitrogens with one attached hydrogen (secondary N) is 3. The van der Waals surface area contributed by atoms with Gasteiger partial charge in [-0.05, 0) is 84.9 Å². The van der Waals surface area contributed by atoms with Crippen molar-refractivity contribution in [3.63, 3.8) is 0 Å². The lowest BCUT2D eigenvalue weighted by molar-refractivity contribution is -0.125. The fourth-order valence-corrected chi connectivity index (χ4v) is 7.52. The Hall–Kier alpha value is -7.59. The molecule has 0 aliphatic heterocycles. The average molecular weight is 928 g/mol. The summed E-state index contributed by atoms with van der Waals surface area (Å²) in [6.45, 7) is 5.33. The zero-order chi connectivity index (χ0) is 46.7. The molecule has 8 aromatic rings. The molecule has 0 bridgehead atoms. The molecule has 0 unspecified atom stereocenters. The Bertz CT molecular complexity index is 3060.